The quantitative estimate of drug-likeness (QED) is 0.388. The predicted octanol–water partition coefficient (Wildman–Crippen LogP) is 4.79. The third-order valence-corrected chi connectivity index (χ3v) is 6.67. The van der Waals surface area contributed by atoms with Gasteiger partial charge in [0.05, 0.1) is 18.3 Å². The van der Waals surface area contributed by atoms with Crippen molar-refractivity contribution >= 4 is 29.2 Å². The molecule has 196 valence electrons. The summed E-state index contributed by atoms with van der Waals surface area (Å²) in [7, 11) is 1.53. The van der Waals surface area contributed by atoms with Crippen LogP contribution in [-0.4, -0.2) is 50.0 Å². The second-order valence-corrected chi connectivity index (χ2v) is 9.77. The number of aliphatic imine (C=N–C) groups is 1. The summed E-state index contributed by atoms with van der Waals surface area (Å²) >= 11 is 0. The molecule has 36 heavy (non-hydrogen) atoms. The van der Waals surface area contributed by atoms with E-state index in [-0.39, 0.29) is 31.1 Å². The molecular weight excluding hydrogens is 460 g/mol. The minimum Gasteiger partial charge on any atom is -0.463 e. The maximum atomic E-state index is 13.2. The van der Waals surface area contributed by atoms with Crippen molar-refractivity contribution in [1.82, 2.24) is 0 Å². The number of hydrogen-bond acceptors (Lipinski definition) is 7. The third kappa shape index (κ3) is 6.81. The van der Waals surface area contributed by atoms with Crippen molar-refractivity contribution < 1.29 is 28.6 Å². The monoisotopic (exact) mass is 498 g/mol. The van der Waals surface area contributed by atoms with E-state index in [0.29, 0.717) is 28.2 Å². The van der Waals surface area contributed by atoms with Gasteiger partial charge in [-0.15, -0.1) is 0 Å². The van der Waals surface area contributed by atoms with Gasteiger partial charge < -0.3 is 19.5 Å². The molecule has 8 heteroatoms. The maximum absolute atomic E-state index is 13.2. The molecule has 0 radical (unpaired) electrons. The van der Waals surface area contributed by atoms with Crippen LogP contribution in [0.4, 0.5) is 5.69 Å². The maximum Gasteiger partial charge on any atom is 0.336 e. The molecule has 8 nitrogen and oxygen atoms in total. The van der Waals surface area contributed by atoms with Crippen LogP contribution in [0.1, 0.15) is 71.3 Å². The molecule has 0 bridgehead atoms. The number of allylic oxidation sites excluding steroid dienone is 1. The molecule has 1 aromatic rings. The Balaban J connectivity index is 1.97. The lowest BCUT2D eigenvalue weighted by atomic mass is 9.75. The van der Waals surface area contributed by atoms with E-state index < -0.39 is 23.8 Å². The van der Waals surface area contributed by atoms with Crippen molar-refractivity contribution in [2.24, 2.45) is 16.8 Å². The average molecular weight is 499 g/mol. The highest BCUT2D eigenvalue weighted by Crippen LogP contribution is 2.41. The Kier molecular flexibility index (Phi) is 9.81. The minimum absolute atomic E-state index is 0.00805. The summed E-state index contributed by atoms with van der Waals surface area (Å²) in [5, 5.41) is 3.04. The van der Waals surface area contributed by atoms with Crippen LogP contribution >= 0.6 is 0 Å². The number of amides is 1. The van der Waals surface area contributed by atoms with Crippen LogP contribution in [0.2, 0.25) is 0 Å². The first-order chi connectivity index (χ1) is 17.2. The topological polar surface area (TPSA) is 103 Å². The highest BCUT2D eigenvalue weighted by molar-refractivity contribution is 6.07. The Bertz CT molecular complexity index is 1020. The van der Waals surface area contributed by atoms with E-state index in [1.165, 1.54) is 13.5 Å². The molecule has 1 N–H and O–H groups in total. The molecule has 0 aromatic heterocycles. The van der Waals surface area contributed by atoms with Gasteiger partial charge in [0.15, 0.2) is 0 Å². The summed E-state index contributed by atoms with van der Waals surface area (Å²) in [6.45, 7) is 7.42. The number of esters is 2. The van der Waals surface area contributed by atoms with Crippen LogP contribution in [0.15, 0.2) is 40.5 Å². The van der Waals surface area contributed by atoms with Crippen molar-refractivity contribution in [3.8, 4) is 0 Å². The number of anilines is 1. The fourth-order valence-electron chi connectivity index (χ4n) is 4.98. The van der Waals surface area contributed by atoms with E-state index in [9.17, 15) is 14.4 Å². The van der Waals surface area contributed by atoms with Gasteiger partial charge in [0.25, 0.3) is 0 Å². The first-order valence-electron chi connectivity index (χ1n) is 12.8. The van der Waals surface area contributed by atoms with Crippen LogP contribution < -0.4 is 5.32 Å². The number of carbonyl (C=O) groups is 3. The second-order valence-electron chi connectivity index (χ2n) is 9.77. The number of benzene rings is 1. The van der Waals surface area contributed by atoms with E-state index in [0.717, 1.165) is 25.7 Å². The first kappa shape index (κ1) is 27.6. The predicted molar refractivity (Wildman–Crippen MR) is 138 cm³/mol. The number of hydrogen-bond donors (Lipinski definition) is 1. The van der Waals surface area contributed by atoms with E-state index in [4.69, 9.17) is 14.2 Å². The summed E-state index contributed by atoms with van der Waals surface area (Å²) in [5.41, 5.74) is 2.70. The van der Waals surface area contributed by atoms with E-state index >= 15 is 0 Å². The van der Waals surface area contributed by atoms with Crippen molar-refractivity contribution in [1.29, 1.82) is 0 Å². The highest BCUT2D eigenvalue weighted by atomic mass is 16.6. The van der Waals surface area contributed by atoms with Crippen molar-refractivity contribution in [2.45, 2.75) is 71.8 Å². The van der Waals surface area contributed by atoms with E-state index in [1.54, 1.807) is 27.7 Å². The number of rotatable bonds is 9. The molecule has 2 aliphatic rings. The zero-order chi connectivity index (χ0) is 26.2. The molecule has 1 fully saturated rings. The van der Waals surface area contributed by atoms with Gasteiger partial charge in [-0.25, -0.2) is 4.79 Å². The molecule has 1 saturated carbocycles. The Morgan fingerprint density at radius 3 is 2.47 bits per heavy atom. The number of ether oxygens (including phenoxy) is 3. The first-order valence-corrected chi connectivity index (χ1v) is 12.8. The molecule has 1 aliphatic heterocycles. The van der Waals surface area contributed by atoms with Gasteiger partial charge in [-0.05, 0) is 58.2 Å². The third-order valence-electron chi connectivity index (χ3n) is 6.67. The lowest BCUT2D eigenvalue weighted by Gasteiger charge is -2.32. The molecule has 2 atom stereocenters. The lowest BCUT2D eigenvalue weighted by Crippen LogP contribution is -2.37. The highest BCUT2D eigenvalue weighted by Gasteiger charge is 2.42. The van der Waals surface area contributed by atoms with Crippen molar-refractivity contribution in [3.63, 3.8) is 0 Å². The SMILES string of the molecule is COCCOC(=O)C1C(C)=NC(C)=C(C(=O)OC(C)C)C1c1cccc(NC(=O)C2CCCCC2)c1. The van der Waals surface area contributed by atoms with Gasteiger partial charge in [0, 0.05) is 36.0 Å². The molecule has 1 aromatic carbocycles. The Morgan fingerprint density at radius 1 is 1.08 bits per heavy atom. The smallest absolute Gasteiger partial charge is 0.336 e. The Morgan fingerprint density at radius 2 is 1.81 bits per heavy atom. The van der Waals surface area contributed by atoms with Crippen molar-refractivity contribution in [3.05, 3.63) is 41.1 Å². The number of nitrogens with zero attached hydrogens (tertiary/aromatic N) is 1. The summed E-state index contributed by atoms with van der Waals surface area (Å²) < 4.78 is 16.0. The second kappa shape index (κ2) is 12.8. The zero-order valence-electron chi connectivity index (χ0n) is 22.0. The Labute approximate surface area is 213 Å². The minimum atomic E-state index is -0.815. The van der Waals surface area contributed by atoms with Crippen LogP contribution in [0.25, 0.3) is 0 Å². The molecule has 2 unspecified atom stereocenters. The van der Waals surface area contributed by atoms with Gasteiger partial charge in [0.2, 0.25) is 5.91 Å². The summed E-state index contributed by atoms with van der Waals surface area (Å²) in [4.78, 5) is 43.8. The number of carbonyl (C=O) groups excluding carboxylic acids is 3. The molecule has 0 spiro atoms. The fourth-order valence-corrected chi connectivity index (χ4v) is 4.98. The van der Waals surface area contributed by atoms with Crippen LogP contribution in [-0.2, 0) is 28.6 Å². The number of methoxy groups -OCH3 is 1. The van der Waals surface area contributed by atoms with Crippen LogP contribution in [0, 0.1) is 11.8 Å². The molecule has 1 heterocycles. The molecule has 1 aliphatic carbocycles. The van der Waals surface area contributed by atoms with Gasteiger partial charge in [-0.3, -0.25) is 14.6 Å². The summed E-state index contributed by atoms with van der Waals surface area (Å²) in [5.74, 6) is -2.48. The zero-order valence-corrected chi connectivity index (χ0v) is 22.0. The normalized spacial score (nSPS) is 20.7. The average Bonchev–Trinajstić information content (AvgIpc) is 2.83. The van der Waals surface area contributed by atoms with Gasteiger partial charge in [-0.2, -0.15) is 0 Å². The van der Waals surface area contributed by atoms with Gasteiger partial charge in [0.1, 0.15) is 12.5 Å². The Hall–Kier alpha value is -3.00. The summed E-state index contributed by atoms with van der Waals surface area (Å²) in [6.07, 6.45) is 4.76. The number of nitrogens with one attached hydrogen (secondary N) is 1. The van der Waals surface area contributed by atoms with Gasteiger partial charge in [-0.1, -0.05) is 31.4 Å². The standard InChI is InChI=1S/C28H38N2O6/c1-17(2)36-28(33)24-19(4)29-18(3)23(27(32)35-15-14-34-5)25(24)21-12-9-13-22(16-21)30-26(31)20-10-7-6-8-11-20/h9,12-13,16-17,20,23,25H,6-8,10-11,14-15H2,1-5H3,(H,30,31). The summed E-state index contributed by atoms with van der Waals surface area (Å²) in [6, 6.07) is 7.32. The van der Waals surface area contributed by atoms with Crippen molar-refractivity contribution in [2.75, 3.05) is 25.6 Å². The van der Waals surface area contributed by atoms with Crippen LogP contribution in [0.3, 0.4) is 0 Å². The van der Waals surface area contributed by atoms with E-state index in [1.807, 2.05) is 24.3 Å². The lowest BCUT2D eigenvalue weighted by molar-refractivity contribution is -0.148. The van der Waals surface area contributed by atoms with E-state index in [2.05, 4.69) is 10.3 Å². The molecular formula is C28H38N2O6. The largest absolute Gasteiger partial charge is 0.463 e. The molecule has 3 rings (SSSR count). The molecule has 0 saturated heterocycles. The fraction of sp³-hybridized carbons (Fsp3) is 0.571. The van der Waals surface area contributed by atoms with Crippen LogP contribution in [0.5, 0.6) is 0 Å². The van der Waals surface area contributed by atoms with Gasteiger partial charge >= 0.3 is 11.9 Å². The molecule has 1 amide bonds.